The predicted molar refractivity (Wildman–Crippen MR) is 76.2 cm³/mol. The van der Waals surface area contributed by atoms with Crippen molar-refractivity contribution in [3.8, 4) is 5.75 Å². The number of hydrogen-bond donors (Lipinski definition) is 1. The van der Waals surface area contributed by atoms with E-state index in [1.54, 1.807) is 0 Å². The number of ether oxygens (including phenoxy) is 1. The van der Waals surface area contributed by atoms with E-state index < -0.39 is 23.7 Å². The second-order valence-corrected chi connectivity index (χ2v) is 5.92. The Morgan fingerprint density at radius 3 is 2.82 bits per heavy atom. The quantitative estimate of drug-likeness (QED) is 0.929. The molecule has 3 atom stereocenters. The molecule has 6 heteroatoms. The van der Waals surface area contributed by atoms with Gasteiger partial charge in [0.05, 0.1) is 12.7 Å². The van der Waals surface area contributed by atoms with Crippen molar-refractivity contribution in [2.75, 3.05) is 13.7 Å². The number of nitrogens with zero attached hydrogens (tertiary/aromatic N) is 1. The van der Waals surface area contributed by atoms with Gasteiger partial charge in [-0.1, -0.05) is 12.5 Å². The standard InChI is InChI=1S/C16H18FNO4/c1-22-12-7-3-6-11(13(12)17)15(19)18-8-9-4-2-5-10(9)14(18)16(20)21/h3,6-7,9-10,14H,2,4-5,8H2,1H3,(H,20,21). The van der Waals surface area contributed by atoms with Crippen LogP contribution in [0.3, 0.4) is 0 Å². The highest BCUT2D eigenvalue weighted by Crippen LogP contribution is 2.43. The largest absolute Gasteiger partial charge is 0.494 e. The summed E-state index contributed by atoms with van der Waals surface area (Å²) in [6.07, 6.45) is 2.74. The molecule has 1 aromatic carbocycles. The summed E-state index contributed by atoms with van der Waals surface area (Å²) in [4.78, 5) is 25.5. The number of methoxy groups -OCH3 is 1. The molecule has 0 spiro atoms. The van der Waals surface area contributed by atoms with Crippen molar-refractivity contribution >= 4 is 11.9 Å². The third-order valence-corrected chi connectivity index (χ3v) is 4.82. The molecular weight excluding hydrogens is 289 g/mol. The lowest BCUT2D eigenvalue weighted by Gasteiger charge is -2.24. The van der Waals surface area contributed by atoms with Crippen molar-refractivity contribution in [2.24, 2.45) is 11.8 Å². The Labute approximate surface area is 127 Å². The first kappa shape index (κ1) is 14.8. The summed E-state index contributed by atoms with van der Waals surface area (Å²) in [5, 5.41) is 9.48. The lowest BCUT2D eigenvalue weighted by molar-refractivity contribution is -0.142. The normalized spacial score (nSPS) is 26.8. The van der Waals surface area contributed by atoms with Crippen molar-refractivity contribution in [3.05, 3.63) is 29.6 Å². The maximum Gasteiger partial charge on any atom is 0.326 e. The zero-order valence-electron chi connectivity index (χ0n) is 12.3. The van der Waals surface area contributed by atoms with Gasteiger partial charge < -0.3 is 14.7 Å². The van der Waals surface area contributed by atoms with Crippen LogP contribution in [0.4, 0.5) is 4.39 Å². The summed E-state index contributed by atoms with van der Waals surface area (Å²) < 4.78 is 19.2. The molecule has 3 unspecified atom stereocenters. The second kappa shape index (κ2) is 5.59. The Balaban J connectivity index is 1.93. The van der Waals surface area contributed by atoms with Gasteiger partial charge in [-0.3, -0.25) is 4.79 Å². The molecule has 1 heterocycles. The molecule has 1 aliphatic carbocycles. The molecule has 1 saturated heterocycles. The third kappa shape index (κ3) is 2.23. The van der Waals surface area contributed by atoms with E-state index >= 15 is 0 Å². The van der Waals surface area contributed by atoms with Crippen molar-refractivity contribution in [1.29, 1.82) is 0 Å². The number of rotatable bonds is 3. The Morgan fingerprint density at radius 2 is 2.14 bits per heavy atom. The Bertz CT molecular complexity index is 618. The first-order valence-corrected chi connectivity index (χ1v) is 7.41. The molecule has 0 radical (unpaired) electrons. The van der Waals surface area contributed by atoms with Crippen LogP contribution in [0.1, 0.15) is 29.6 Å². The van der Waals surface area contributed by atoms with E-state index in [1.807, 2.05) is 0 Å². The minimum absolute atomic E-state index is 0.0166. The molecular formula is C16H18FNO4. The number of likely N-dealkylation sites (tertiary alicyclic amines) is 1. The van der Waals surface area contributed by atoms with Crippen LogP contribution in [-0.2, 0) is 4.79 Å². The van der Waals surface area contributed by atoms with E-state index in [2.05, 4.69) is 0 Å². The highest BCUT2D eigenvalue weighted by atomic mass is 19.1. The number of carboxylic acid groups (broad SMARTS) is 1. The molecule has 1 amide bonds. The van der Waals surface area contributed by atoms with E-state index in [0.717, 1.165) is 19.3 Å². The molecule has 22 heavy (non-hydrogen) atoms. The lowest BCUT2D eigenvalue weighted by atomic mass is 9.94. The van der Waals surface area contributed by atoms with Gasteiger partial charge in [0.15, 0.2) is 11.6 Å². The first-order valence-electron chi connectivity index (χ1n) is 7.41. The smallest absolute Gasteiger partial charge is 0.326 e. The molecule has 3 rings (SSSR count). The maximum atomic E-state index is 14.3. The van der Waals surface area contributed by atoms with Crippen molar-refractivity contribution in [1.82, 2.24) is 4.90 Å². The van der Waals surface area contributed by atoms with Crippen LogP contribution in [0.2, 0.25) is 0 Å². The van der Waals surface area contributed by atoms with Gasteiger partial charge in [0.1, 0.15) is 6.04 Å². The van der Waals surface area contributed by atoms with Crippen molar-refractivity contribution < 1.29 is 23.8 Å². The van der Waals surface area contributed by atoms with E-state index in [4.69, 9.17) is 4.74 Å². The maximum absolute atomic E-state index is 14.3. The fraction of sp³-hybridized carbons (Fsp3) is 0.500. The molecule has 0 bridgehead atoms. The summed E-state index contributed by atoms with van der Waals surface area (Å²) >= 11 is 0. The number of aliphatic carboxylic acids is 1. The average molecular weight is 307 g/mol. The summed E-state index contributed by atoms with van der Waals surface area (Å²) in [7, 11) is 1.33. The summed E-state index contributed by atoms with van der Waals surface area (Å²) in [6.45, 7) is 0.386. The van der Waals surface area contributed by atoms with Crippen LogP contribution in [0.25, 0.3) is 0 Å². The van der Waals surface area contributed by atoms with Crippen molar-refractivity contribution in [2.45, 2.75) is 25.3 Å². The van der Waals surface area contributed by atoms with Crippen LogP contribution in [-0.4, -0.2) is 41.6 Å². The van der Waals surface area contributed by atoms with Gasteiger partial charge in [0.25, 0.3) is 5.91 Å². The fourth-order valence-electron chi connectivity index (χ4n) is 3.82. The topological polar surface area (TPSA) is 66.8 Å². The highest BCUT2D eigenvalue weighted by molar-refractivity contribution is 5.97. The molecule has 5 nitrogen and oxygen atoms in total. The third-order valence-electron chi connectivity index (χ3n) is 4.82. The molecule has 1 aromatic rings. The van der Waals surface area contributed by atoms with Crippen LogP contribution >= 0.6 is 0 Å². The highest BCUT2D eigenvalue weighted by Gasteiger charge is 2.49. The fourth-order valence-corrected chi connectivity index (χ4v) is 3.82. The van der Waals surface area contributed by atoms with Gasteiger partial charge in [0.2, 0.25) is 0 Å². The van der Waals surface area contributed by atoms with Gasteiger partial charge in [-0.05, 0) is 36.8 Å². The van der Waals surface area contributed by atoms with Crippen LogP contribution in [0.5, 0.6) is 5.75 Å². The Hall–Kier alpha value is -2.11. The average Bonchev–Trinajstić information content (AvgIpc) is 3.06. The van der Waals surface area contributed by atoms with Gasteiger partial charge in [0, 0.05) is 6.54 Å². The number of halogens is 1. The number of carbonyl (C=O) groups is 2. The van der Waals surface area contributed by atoms with E-state index in [0.29, 0.717) is 6.54 Å². The number of fused-ring (bicyclic) bond motifs is 1. The summed E-state index contributed by atoms with van der Waals surface area (Å²) in [6, 6.07) is 3.47. The first-order chi connectivity index (χ1) is 10.5. The minimum Gasteiger partial charge on any atom is -0.494 e. The van der Waals surface area contributed by atoms with Gasteiger partial charge in [-0.2, -0.15) is 0 Å². The lowest BCUT2D eigenvalue weighted by Crippen LogP contribution is -2.43. The summed E-state index contributed by atoms with van der Waals surface area (Å²) in [5.41, 5.74) is -0.134. The molecule has 0 aromatic heterocycles. The number of benzene rings is 1. The Kier molecular flexibility index (Phi) is 3.76. The minimum atomic E-state index is -1.01. The predicted octanol–water partition coefficient (Wildman–Crippen LogP) is 2.16. The van der Waals surface area contributed by atoms with E-state index in [1.165, 1.54) is 30.2 Å². The molecule has 118 valence electrons. The van der Waals surface area contributed by atoms with E-state index in [9.17, 15) is 19.1 Å². The Morgan fingerprint density at radius 1 is 1.36 bits per heavy atom. The van der Waals surface area contributed by atoms with Crippen LogP contribution in [0, 0.1) is 17.7 Å². The molecule has 2 fully saturated rings. The van der Waals surface area contributed by atoms with Gasteiger partial charge in [-0.25, -0.2) is 9.18 Å². The second-order valence-electron chi connectivity index (χ2n) is 5.92. The zero-order valence-corrected chi connectivity index (χ0v) is 12.3. The molecule has 2 aliphatic rings. The van der Waals surface area contributed by atoms with Crippen LogP contribution < -0.4 is 4.74 Å². The number of carbonyl (C=O) groups excluding carboxylic acids is 1. The van der Waals surface area contributed by atoms with Gasteiger partial charge >= 0.3 is 5.97 Å². The molecule has 1 N–H and O–H groups in total. The SMILES string of the molecule is COc1cccc(C(=O)N2CC3CCCC3C2C(=O)O)c1F. The monoisotopic (exact) mass is 307 g/mol. The number of hydrogen-bond acceptors (Lipinski definition) is 3. The summed E-state index contributed by atoms with van der Waals surface area (Å²) in [5.74, 6) is -2.15. The number of amides is 1. The van der Waals surface area contributed by atoms with Crippen LogP contribution in [0.15, 0.2) is 18.2 Å². The van der Waals surface area contributed by atoms with Gasteiger partial charge in [-0.15, -0.1) is 0 Å². The van der Waals surface area contributed by atoms with Crippen molar-refractivity contribution in [3.63, 3.8) is 0 Å². The van der Waals surface area contributed by atoms with E-state index in [-0.39, 0.29) is 23.1 Å². The zero-order chi connectivity index (χ0) is 15.9. The molecule has 1 saturated carbocycles. The number of carboxylic acids is 1. The molecule has 1 aliphatic heterocycles.